The zero-order valence-electron chi connectivity index (χ0n) is 12.8. The first kappa shape index (κ1) is 16.2. The minimum atomic E-state index is -3.54. The van der Waals surface area contributed by atoms with E-state index in [1.807, 2.05) is 18.2 Å². The van der Waals surface area contributed by atoms with Gasteiger partial charge in [0.1, 0.15) is 17.4 Å². The molecule has 128 valence electrons. The van der Waals surface area contributed by atoms with Crippen molar-refractivity contribution in [1.29, 1.82) is 0 Å². The molecule has 1 fully saturated rings. The maximum Gasteiger partial charge on any atom is 0.253 e. The standard InChI is InChI=1S/C16H16ClNO4S2/c17-15-5-6-16(23-15)24(19,20)18-7-1-2-12(18)11-3-4-13-14(10-11)22-9-8-21-13/h3-6,10,12H,1-2,7-9H2. The van der Waals surface area contributed by atoms with Crippen molar-refractivity contribution in [3.05, 3.63) is 40.2 Å². The SMILES string of the molecule is O=S(=O)(c1ccc(Cl)s1)N1CCCC1c1ccc2c(c1)OCCO2. The molecule has 1 atom stereocenters. The van der Waals surface area contributed by atoms with Gasteiger partial charge in [-0.1, -0.05) is 17.7 Å². The monoisotopic (exact) mass is 385 g/mol. The lowest BCUT2D eigenvalue weighted by atomic mass is 10.0. The van der Waals surface area contributed by atoms with Gasteiger partial charge < -0.3 is 9.47 Å². The maximum absolute atomic E-state index is 12.9. The van der Waals surface area contributed by atoms with Crippen molar-refractivity contribution in [2.75, 3.05) is 19.8 Å². The Kier molecular flexibility index (Phi) is 4.20. The Morgan fingerprint density at radius 1 is 1.12 bits per heavy atom. The second kappa shape index (κ2) is 6.22. The first-order valence-electron chi connectivity index (χ1n) is 7.72. The third kappa shape index (κ3) is 2.79. The Labute approximate surface area is 149 Å². The molecule has 2 aromatic rings. The summed E-state index contributed by atoms with van der Waals surface area (Å²) in [6, 6.07) is 8.68. The summed E-state index contributed by atoms with van der Waals surface area (Å²) in [5.74, 6) is 1.39. The fourth-order valence-corrected chi connectivity index (χ4v) is 6.47. The number of halogens is 1. The minimum absolute atomic E-state index is 0.188. The van der Waals surface area contributed by atoms with Gasteiger partial charge in [-0.3, -0.25) is 0 Å². The van der Waals surface area contributed by atoms with Crippen molar-refractivity contribution < 1.29 is 17.9 Å². The predicted octanol–water partition coefficient (Wildman–Crippen LogP) is 3.70. The molecule has 0 aliphatic carbocycles. The van der Waals surface area contributed by atoms with Crippen LogP contribution in [0.2, 0.25) is 4.34 Å². The molecular weight excluding hydrogens is 370 g/mol. The summed E-state index contributed by atoms with van der Waals surface area (Å²) < 4.78 is 39.4. The number of hydrogen-bond acceptors (Lipinski definition) is 5. The zero-order valence-corrected chi connectivity index (χ0v) is 15.2. The van der Waals surface area contributed by atoms with Crippen LogP contribution in [-0.2, 0) is 10.0 Å². The van der Waals surface area contributed by atoms with Gasteiger partial charge >= 0.3 is 0 Å². The molecule has 2 aliphatic heterocycles. The first-order chi connectivity index (χ1) is 11.6. The van der Waals surface area contributed by atoms with Crippen LogP contribution >= 0.6 is 22.9 Å². The van der Waals surface area contributed by atoms with E-state index in [1.54, 1.807) is 16.4 Å². The van der Waals surface area contributed by atoms with Gasteiger partial charge in [-0.2, -0.15) is 4.31 Å². The van der Waals surface area contributed by atoms with Crippen LogP contribution in [0.1, 0.15) is 24.4 Å². The molecule has 1 unspecified atom stereocenters. The lowest BCUT2D eigenvalue weighted by Crippen LogP contribution is -2.30. The van der Waals surface area contributed by atoms with Gasteiger partial charge in [-0.05, 0) is 42.7 Å². The van der Waals surface area contributed by atoms with Gasteiger partial charge in [0.25, 0.3) is 10.0 Å². The first-order valence-corrected chi connectivity index (χ1v) is 10.4. The molecule has 4 rings (SSSR count). The number of benzene rings is 1. The summed E-state index contributed by atoms with van der Waals surface area (Å²) in [7, 11) is -3.54. The summed E-state index contributed by atoms with van der Waals surface area (Å²) in [4.78, 5) is 0. The third-order valence-electron chi connectivity index (χ3n) is 4.27. The molecule has 0 N–H and O–H groups in total. The van der Waals surface area contributed by atoms with Crippen molar-refractivity contribution in [3.63, 3.8) is 0 Å². The number of sulfonamides is 1. The minimum Gasteiger partial charge on any atom is -0.486 e. The quantitative estimate of drug-likeness (QED) is 0.808. The van der Waals surface area contributed by atoms with E-state index in [-0.39, 0.29) is 10.3 Å². The Morgan fingerprint density at radius 2 is 1.92 bits per heavy atom. The van der Waals surface area contributed by atoms with Gasteiger partial charge in [-0.25, -0.2) is 8.42 Å². The fourth-order valence-electron chi connectivity index (χ4n) is 3.18. The molecule has 8 heteroatoms. The van der Waals surface area contributed by atoms with Gasteiger partial charge in [0, 0.05) is 6.54 Å². The lowest BCUT2D eigenvalue weighted by molar-refractivity contribution is 0.171. The van der Waals surface area contributed by atoms with E-state index in [0.29, 0.717) is 35.6 Å². The molecule has 0 amide bonds. The number of rotatable bonds is 3. The highest BCUT2D eigenvalue weighted by Crippen LogP contribution is 2.41. The zero-order chi connectivity index (χ0) is 16.7. The van der Waals surface area contributed by atoms with Crippen LogP contribution in [0.15, 0.2) is 34.5 Å². The van der Waals surface area contributed by atoms with Crippen LogP contribution in [0.25, 0.3) is 0 Å². The molecule has 1 aromatic heterocycles. The van der Waals surface area contributed by atoms with Gasteiger partial charge in [0.05, 0.1) is 10.4 Å². The van der Waals surface area contributed by atoms with Crippen molar-refractivity contribution >= 4 is 33.0 Å². The topological polar surface area (TPSA) is 55.8 Å². The summed E-state index contributed by atoms with van der Waals surface area (Å²) in [5, 5.41) is 0. The van der Waals surface area contributed by atoms with Crippen LogP contribution in [0.3, 0.4) is 0 Å². The largest absolute Gasteiger partial charge is 0.486 e. The van der Waals surface area contributed by atoms with Gasteiger partial charge in [-0.15, -0.1) is 11.3 Å². The molecule has 0 spiro atoms. The lowest BCUT2D eigenvalue weighted by Gasteiger charge is -2.25. The van der Waals surface area contributed by atoms with Crippen LogP contribution in [-0.4, -0.2) is 32.5 Å². The maximum atomic E-state index is 12.9. The molecule has 0 radical (unpaired) electrons. The molecule has 1 saturated heterocycles. The summed E-state index contributed by atoms with van der Waals surface area (Å²) in [6.07, 6.45) is 1.62. The Bertz CT molecular complexity index is 865. The predicted molar refractivity (Wildman–Crippen MR) is 92.6 cm³/mol. The average Bonchev–Trinajstić information content (AvgIpc) is 3.24. The highest BCUT2D eigenvalue weighted by atomic mass is 35.5. The Balaban J connectivity index is 1.68. The number of nitrogens with zero attached hydrogens (tertiary/aromatic N) is 1. The van der Waals surface area contributed by atoms with Gasteiger partial charge in [0.15, 0.2) is 11.5 Å². The Hall–Kier alpha value is -1.28. The summed E-state index contributed by atoms with van der Waals surface area (Å²) >= 11 is 7.00. The van der Waals surface area contributed by atoms with Crippen LogP contribution < -0.4 is 9.47 Å². The molecular formula is C16H16ClNO4S2. The molecule has 3 heterocycles. The van der Waals surface area contributed by atoms with Crippen molar-refractivity contribution in [2.45, 2.75) is 23.1 Å². The smallest absolute Gasteiger partial charge is 0.253 e. The average molecular weight is 386 g/mol. The van der Waals surface area contributed by atoms with Crippen LogP contribution in [0.4, 0.5) is 0 Å². The fraction of sp³-hybridized carbons (Fsp3) is 0.375. The molecule has 2 aliphatic rings. The number of ether oxygens (including phenoxy) is 2. The Morgan fingerprint density at radius 3 is 2.67 bits per heavy atom. The van der Waals surface area contributed by atoms with Crippen LogP contribution in [0, 0.1) is 0 Å². The van der Waals surface area contributed by atoms with E-state index in [1.165, 1.54) is 0 Å². The molecule has 0 saturated carbocycles. The van der Waals surface area contributed by atoms with Crippen molar-refractivity contribution in [3.8, 4) is 11.5 Å². The molecule has 0 bridgehead atoms. The number of fused-ring (bicyclic) bond motifs is 1. The summed E-state index contributed by atoms with van der Waals surface area (Å²) in [6.45, 7) is 1.56. The van der Waals surface area contributed by atoms with E-state index in [9.17, 15) is 8.42 Å². The van der Waals surface area contributed by atoms with E-state index in [0.717, 1.165) is 29.7 Å². The van der Waals surface area contributed by atoms with E-state index in [4.69, 9.17) is 21.1 Å². The highest BCUT2D eigenvalue weighted by molar-refractivity contribution is 7.91. The van der Waals surface area contributed by atoms with Crippen molar-refractivity contribution in [2.24, 2.45) is 0 Å². The van der Waals surface area contributed by atoms with E-state index < -0.39 is 10.0 Å². The highest BCUT2D eigenvalue weighted by Gasteiger charge is 2.37. The molecule has 1 aromatic carbocycles. The molecule has 24 heavy (non-hydrogen) atoms. The van der Waals surface area contributed by atoms with Crippen LogP contribution in [0.5, 0.6) is 11.5 Å². The second-order valence-corrected chi connectivity index (χ2v) is 9.57. The normalized spacial score (nSPS) is 21.1. The van der Waals surface area contributed by atoms with Crippen molar-refractivity contribution in [1.82, 2.24) is 4.31 Å². The number of thiophene rings is 1. The number of hydrogen-bond donors (Lipinski definition) is 0. The molecule has 5 nitrogen and oxygen atoms in total. The second-order valence-electron chi connectivity index (χ2n) is 5.74. The van der Waals surface area contributed by atoms with E-state index in [2.05, 4.69) is 0 Å². The third-order valence-corrected chi connectivity index (χ3v) is 7.87. The summed E-state index contributed by atoms with van der Waals surface area (Å²) in [5.41, 5.74) is 0.933. The van der Waals surface area contributed by atoms with Gasteiger partial charge in [0.2, 0.25) is 0 Å². The van der Waals surface area contributed by atoms with E-state index >= 15 is 0 Å².